The van der Waals surface area contributed by atoms with Gasteiger partial charge in [0.05, 0.1) is 18.5 Å². The van der Waals surface area contributed by atoms with Gasteiger partial charge in [0.2, 0.25) is 0 Å². The third-order valence-corrected chi connectivity index (χ3v) is 7.43. The predicted octanol–water partition coefficient (Wildman–Crippen LogP) is 2.68. The molecule has 1 saturated heterocycles. The van der Waals surface area contributed by atoms with E-state index in [-0.39, 0.29) is 12.3 Å². The van der Waals surface area contributed by atoms with Gasteiger partial charge in [-0.05, 0) is 30.0 Å². The molecule has 0 unspecified atom stereocenters. The van der Waals surface area contributed by atoms with E-state index >= 15 is 0 Å². The van der Waals surface area contributed by atoms with Crippen LogP contribution in [0.2, 0.25) is 0 Å². The average molecular weight is 443 g/mol. The highest BCUT2D eigenvalue weighted by Gasteiger charge is 2.35. The van der Waals surface area contributed by atoms with Crippen LogP contribution in [0.4, 0.5) is 5.82 Å². The van der Waals surface area contributed by atoms with Gasteiger partial charge < -0.3 is 20.9 Å². The maximum absolute atomic E-state index is 10.5. The Kier molecular flexibility index (Phi) is 5.48. The minimum absolute atomic E-state index is 0.281. The molecule has 0 radical (unpaired) electrons. The van der Waals surface area contributed by atoms with Crippen LogP contribution >= 0.6 is 22.7 Å². The number of rotatable bonds is 7. The number of imidazole rings is 1. The number of aliphatic hydroxyl groups is 1. The lowest BCUT2D eigenvalue weighted by molar-refractivity contribution is -0.0155. The fraction of sp³-hybridized carbons (Fsp3) is 0.350. The molecule has 0 saturated carbocycles. The highest BCUT2D eigenvalue weighted by atomic mass is 32.1. The van der Waals surface area contributed by atoms with Gasteiger partial charge in [0.1, 0.15) is 18.1 Å². The van der Waals surface area contributed by atoms with Gasteiger partial charge >= 0.3 is 0 Å². The summed E-state index contributed by atoms with van der Waals surface area (Å²) in [4.78, 5) is 16.5. The number of nitrogens with two attached hydrogens (primary N) is 1. The molecule has 4 aromatic heterocycles. The lowest BCUT2D eigenvalue weighted by Crippen LogP contribution is -2.34. The van der Waals surface area contributed by atoms with Gasteiger partial charge in [-0.25, -0.2) is 15.0 Å². The Morgan fingerprint density at radius 1 is 1.23 bits per heavy atom. The Bertz CT molecular complexity index is 1130. The normalized spacial score (nSPS) is 21.6. The monoisotopic (exact) mass is 442 g/mol. The molecule has 1 aliphatic heterocycles. The van der Waals surface area contributed by atoms with Crippen molar-refractivity contribution < 1.29 is 9.84 Å². The Balaban J connectivity index is 1.14. The molecule has 0 spiro atoms. The van der Waals surface area contributed by atoms with Gasteiger partial charge in [-0.3, -0.25) is 4.57 Å². The molecular weight excluding hydrogens is 420 g/mol. The minimum atomic E-state index is -0.550. The lowest BCUT2D eigenvalue weighted by Gasteiger charge is -2.16. The smallest absolute Gasteiger partial charge is 0.167 e. The van der Waals surface area contributed by atoms with Crippen LogP contribution in [0, 0.1) is 0 Å². The zero-order chi connectivity index (χ0) is 20.5. The summed E-state index contributed by atoms with van der Waals surface area (Å²) < 4.78 is 7.90. The molecule has 5 heterocycles. The fourth-order valence-electron chi connectivity index (χ4n) is 3.67. The van der Waals surface area contributed by atoms with E-state index < -0.39 is 6.10 Å². The predicted molar refractivity (Wildman–Crippen MR) is 118 cm³/mol. The highest BCUT2D eigenvalue weighted by Crippen LogP contribution is 2.32. The summed E-state index contributed by atoms with van der Waals surface area (Å²) in [5, 5.41) is 16.0. The second kappa shape index (κ2) is 8.40. The van der Waals surface area contributed by atoms with Crippen molar-refractivity contribution in [3.63, 3.8) is 0 Å². The van der Waals surface area contributed by atoms with Crippen LogP contribution in [-0.4, -0.2) is 49.9 Å². The quantitative estimate of drug-likeness (QED) is 0.377. The van der Waals surface area contributed by atoms with Gasteiger partial charge in [0, 0.05) is 34.1 Å². The van der Waals surface area contributed by atoms with Crippen molar-refractivity contribution in [1.82, 2.24) is 24.8 Å². The van der Waals surface area contributed by atoms with Crippen LogP contribution in [0.3, 0.4) is 0 Å². The molecule has 0 aliphatic carbocycles. The topological polar surface area (TPSA) is 111 Å². The molecule has 10 heteroatoms. The summed E-state index contributed by atoms with van der Waals surface area (Å²) >= 11 is 3.60. The number of nitrogen functional groups attached to an aromatic ring is 1. The first-order valence-electron chi connectivity index (χ1n) is 9.79. The van der Waals surface area contributed by atoms with Gasteiger partial charge in [-0.2, -0.15) is 0 Å². The van der Waals surface area contributed by atoms with Crippen LogP contribution in [0.15, 0.2) is 42.3 Å². The summed E-state index contributed by atoms with van der Waals surface area (Å²) in [5.41, 5.74) is 7.02. The minimum Gasteiger partial charge on any atom is -0.390 e. The zero-order valence-corrected chi connectivity index (χ0v) is 17.8. The number of nitrogens with one attached hydrogen (secondary N) is 1. The molecule has 3 atom stereocenters. The molecule has 0 amide bonds. The maximum atomic E-state index is 10.5. The molecular formula is C20H22N6O2S2. The third kappa shape index (κ3) is 3.84. The lowest BCUT2D eigenvalue weighted by atomic mass is 10.2. The van der Waals surface area contributed by atoms with E-state index in [1.165, 1.54) is 21.0 Å². The molecule has 30 heavy (non-hydrogen) atoms. The Morgan fingerprint density at radius 2 is 2.17 bits per heavy atom. The van der Waals surface area contributed by atoms with Gasteiger partial charge in [0.15, 0.2) is 11.5 Å². The van der Waals surface area contributed by atoms with E-state index in [2.05, 4.69) is 49.9 Å². The fourth-order valence-corrected chi connectivity index (χ4v) is 5.51. The first-order chi connectivity index (χ1) is 14.7. The standard InChI is InChI=1S/C20H22N6O2S2/c21-19-18-20(24-10-23-19)26(11-25-18)17-8-13(27)14(28-17)9-22-6-5-12-3-4-16(30-12)15-2-1-7-29-15/h1-4,7,10-11,13-14,17,22,27H,5-6,8-9H2,(H2,21,23,24)/t13-,14+,17+/m0/s1. The summed E-state index contributed by atoms with van der Waals surface area (Å²) in [6.45, 7) is 1.42. The van der Waals surface area contributed by atoms with Crippen LogP contribution in [0.5, 0.6) is 0 Å². The first-order valence-corrected chi connectivity index (χ1v) is 11.5. The molecule has 1 aliphatic rings. The summed E-state index contributed by atoms with van der Waals surface area (Å²) in [6, 6.07) is 8.61. The van der Waals surface area contributed by atoms with E-state index in [0.29, 0.717) is 29.9 Å². The van der Waals surface area contributed by atoms with Crippen molar-refractivity contribution in [2.45, 2.75) is 31.3 Å². The van der Waals surface area contributed by atoms with E-state index in [0.717, 1.165) is 13.0 Å². The van der Waals surface area contributed by atoms with E-state index in [1.54, 1.807) is 17.7 Å². The summed E-state index contributed by atoms with van der Waals surface area (Å²) in [6.07, 6.45) is 3.33. The van der Waals surface area contributed by atoms with Crippen LogP contribution < -0.4 is 11.1 Å². The number of anilines is 1. The number of thiophene rings is 2. The number of hydrogen-bond donors (Lipinski definition) is 3. The van der Waals surface area contributed by atoms with Crippen LogP contribution in [-0.2, 0) is 11.2 Å². The maximum Gasteiger partial charge on any atom is 0.167 e. The number of nitrogens with zero attached hydrogens (tertiary/aromatic N) is 4. The Hall–Kier alpha value is -2.37. The molecule has 0 bridgehead atoms. The van der Waals surface area contributed by atoms with Gasteiger partial charge in [-0.15, -0.1) is 22.7 Å². The number of ether oxygens (including phenoxy) is 1. The molecule has 0 aromatic carbocycles. The van der Waals surface area contributed by atoms with Crippen molar-refractivity contribution in [2.75, 3.05) is 18.8 Å². The van der Waals surface area contributed by atoms with Crippen LogP contribution in [0.25, 0.3) is 20.9 Å². The van der Waals surface area contributed by atoms with Crippen molar-refractivity contribution >= 4 is 39.7 Å². The van der Waals surface area contributed by atoms with Gasteiger partial charge in [-0.1, -0.05) is 6.07 Å². The molecule has 5 rings (SSSR count). The number of aromatic nitrogens is 4. The summed E-state index contributed by atoms with van der Waals surface area (Å²) in [7, 11) is 0. The zero-order valence-electron chi connectivity index (χ0n) is 16.1. The van der Waals surface area contributed by atoms with E-state index in [4.69, 9.17) is 10.5 Å². The molecule has 1 fully saturated rings. The van der Waals surface area contributed by atoms with Crippen molar-refractivity contribution in [3.8, 4) is 9.75 Å². The Morgan fingerprint density at radius 3 is 3.03 bits per heavy atom. The molecule has 156 valence electrons. The molecule has 4 N–H and O–H groups in total. The number of aliphatic hydroxyl groups excluding tert-OH is 1. The molecule has 8 nitrogen and oxygen atoms in total. The second-order valence-electron chi connectivity index (χ2n) is 7.21. The van der Waals surface area contributed by atoms with Gasteiger partial charge in [0.25, 0.3) is 0 Å². The third-order valence-electron chi connectivity index (χ3n) is 5.22. The second-order valence-corrected chi connectivity index (χ2v) is 9.33. The van der Waals surface area contributed by atoms with Crippen molar-refractivity contribution in [1.29, 1.82) is 0 Å². The van der Waals surface area contributed by atoms with Crippen LogP contribution in [0.1, 0.15) is 17.5 Å². The number of fused-ring (bicyclic) bond motifs is 1. The van der Waals surface area contributed by atoms with Crippen molar-refractivity contribution in [3.05, 3.63) is 47.2 Å². The largest absolute Gasteiger partial charge is 0.390 e. The number of hydrogen-bond acceptors (Lipinski definition) is 9. The molecule has 4 aromatic rings. The van der Waals surface area contributed by atoms with Crippen molar-refractivity contribution in [2.24, 2.45) is 0 Å². The first kappa shape index (κ1) is 19.6. The highest BCUT2D eigenvalue weighted by molar-refractivity contribution is 7.21. The SMILES string of the molecule is Nc1ncnc2c1ncn2[C@H]1C[C@H](O)[C@@H](CNCCc2ccc(-c3cccs3)s2)O1. The van der Waals surface area contributed by atoms with E-state index in [1.807, 2.05) is 15.9 Å². The summed E-state index contributed by atoms with van der Waals surface area (Å²) in [5.74, 6) is 0.339. The van der Waals surface area contributed by atoms with E-state index in [9.17, 15) is 5.11 Å². The Labute approximate surface area is 181 Å². The average Bonchev–Trinajstić information content (AvgIpc) is 3.52.